The minimum absolute atomic E-state index is 0.0574. The molecule has 0 spiro atoms. The normalized spacial score (nSPS) is 10.4. The largest absolute Gasteiger partial charge is 0.475 e. The van der Waals surface area contributed by atoms with Crippen molar-refractivity contribution in [2.24, 2.45) is 0 Å². The first kappa shape index (κ1) is 15.6. The first-order chi connectivity index (χ1) is 9.08. The number of aromatic carboxylic acids is 1. The van der Waals surface area contributed by atoms with E-state index in [0.717, 1.165) is 25.9 Å². The average Bonchev–Trinajstić information content (AvgIpc) is 2.84. The number of thioether (sulfide) groups is 1. The summed E-state index contributed by atoms with van der Waals surface area (Å²) in [7, 11) is 0. The summed E-state index contributed by atoms with van der Waals surface area (Å²) in [4.78, 5) is 24.5. The van der Waals surface area contributed by atoms with E-state index in [1.54, 1.807) is 6.07 Å². The highest BCUT2D eigenvalue weighted by Gasteiger charge is 2.14. The van der Waals surface area contributed by atoms with E-state index in [2.05, 4.69) is 0 Å². The van der Waals surface area contributed by atoms with Gasteiger partial charge >= 0.3 is 5.97 Å². The summed E-state index contributed by atoms with van der Waals surface area (Å²) in [5.74, 6) is -0.875. The molecule has 0 aliphatic carbocycles. The Kier molecular flexibility index (Phi) is 6.49. The molecule has 1 aromatic rings. The highest BCUT2D eigenvalue weighted by atomic mass is 32.2. The summed E-state index contributed by atoms with van der Waals surface area (Å²) in [6, 6.07) is 2.97. The van der Waals surface area contributed by atoms with Crippen molar-refractivity contribution in [1.29, 1.82) is 0 Å². The summed E-state index contributed by atoms with van der Waals surface area (Å²) in [5.41, 5.74) is 0. The number of amides is 1. The molecule has 1 N–H and O–H groups in total. The van der Waals surface area contributed by atoms with Crippen LogP contribution in [0.15, 0.2) is 21.6 Å². The summed E-state index contributed by atoms with van der Waals surface area (Å²) < 4.78 is 5.09. The molecule has 0 saturated carbocycles. The van der Waals surface area contributed by atoms with E-state index < -0.39 is 5.97 Å². The van der Waals surface area contributed by atoms with Crippen LogP contribution in [0.3, 0.4) is 0 Å². The van der Waals surface area contributed by atoms with Gasteiger partial charge in [-0.2, -0.15) is 0 Å². The third-order valence-electron chi connectivity index (χ3n) is 2.47. The quantitative estimate of drug-likeness (QED) is 0.744. The molecule has 106 valence electrons. The highest BCUT2D eigenvalue weighted by Crippen LogP contribution is 2.21. The predicted octanol–water partition coefficient (Wildman–Crippen LogP) is 2.72. The summed E-state index contributed by atoms with van der Waals surface area (Å²) in [5, 5.41) is 9.18. The monoisotopic (exact) mass is 285 g/mol. The zero-order chi connectivity index (χ0) is 14.3. The number of carboxylic acids is 1. The van der Waals surface area contributed by atoms with E-state index >= 15 is 0 Å². The van der Waals surface area contributed by atoms with Gasteiger partial charge in [0, 0.05) is 13.1 Å². The van der Waals surface area contributed by atoms with Crippen molar-refractivity contribution in [3.05, 3.63) is 17.9 Å². The zero-order valence-electron chi connectivity index (χ0n) is 11.2. The van der Waals surface area contributed by atoms with Gasteiger partial charge in [-0.3, -0.25) is 4.79 Å². The smallest absolute Gasteiger partial charge is 0.371 e. The molecule has 0 saturated heterocycles. The maximum absolute atomic E-state index is 12.0. The Morgan fingerprint density at radius 3 is 2.37 bits per heavy atom. The van der Waals surface area contributed by atoms with Crippen LogP contribution < -0.4 is 0 Å². The number of hydrogen-bond acceptors (Lipinski definition) is 4. The van der Waals surface area contributed by atoms with E-state index in [-0.39, 0.29) is 17.4 Å². The van der Waals surface area contributed by atoms with Crippen LogP contribution in [0.1, 0.15) is 37.2 Å². The maximum Gasteiger partial charge on any atom is 0.371 e. The maximum atomic E-state index is 12.0. The van der Waals surface area contributed by atoms with Gasteiger partial charge in [0.05, 0.1) is 5.75 Å². The molecule has 0 atom stereocenters. The second-order valence-electron chi connectivity index (χ2n) is 4.09. The van der Waals surface area contributed by atoms with Gasteiger partial charge in [-0.15, -0.1) is 0 Å². The molecule has 0 fully saturated rings. The number of hydrogen-bond donors (Lipinski definition) is 1. The van der Waals surface area contributed by atoms with Gasteiger partial charge in [0.1, 0.15) is 0 Å². The number of carbonyl (C=O) groups is 2. The molecule has 19 heavy (non-hydrogen) atoms. The molecule has 1 rings (SSSR count). The molecule has 1 aromatic heterocycles. The standard InChI is InChI=1S/C13H19NO4S/c1-3-7-14(8-4-2)11(15)9-19-12-6-5-10(18-12)13(16)17/h5-6H,3-4,7-9H2,1-2H3,(H,16,17). The van der Waals surface area contributed by atoms with Gasteiger partial charge in [0.2, 0.25) is 11.7 Å². The summed E-state index contributed by atoms with van der Waals surface area (Å²) >= 11 is 1.23. The van der Waals surface area contributed by atoms with Gasteiger partial charge in [-0.1, -0.05) is 25.6 Å². The zero-order valence-corrected chi connectivity index (χ0v) is 12.0. The van der Waals surface area contributed by atoms with Gasteiger partial charge < -0.3 is 14.4 Å². The summed E-state index contributed by atoms with van der Waals surface area (Å²) in [6.07, 6.45) is 1.86. The Labute approximate surface area is 117 Å². The van der Waals surface area contributed by atoms with Crippen molar-refractivity contribution in [3.63, 3.8) is 0 Å². The highest BCUT2D eigenvalue weighted by molar-refractivity contribution is 7.99. The van der Waals surface area contributed by atoms with Crippen LogP contribution in [0.5, 0.6) is 0 Å². The lowest BCUT2D eigenvalue weighted by atomic mass is 10.3. The molecular formula is C13H19NO4S. The fourth-order valence-corrected chi connectivity index (χ4v) is 2.40. The van der Waals surface area contributed by atoms with E-state index in [1.165, 1.54) is 17.8 Å². The Balaban J connectivity index is 2.49. The molecule has 6 heteroatoms. The third kappa shape index (κ3) is 4.98. The topological polar surface area (TPSA) is 70.8 Å². The van der Waals surface area contributed by atoms with Crippen LogP contribution in [0.4, 0.5) is 0 Å². The minimum atomic E-state index is -1.10. The number of furan rings is 1. The summed E-state index contributed by atoms with van der Waals surface area (Å²) in [6.45, 7) is 5.58. The van der Waals surface area contributed by atoms with E-state index in [1.807, 2.05) is 18.7 Å². The minimum Gasteiger partial charge on any atom is -0.475 e. The van der Waals surface area contributed by atoms with E-state index in [0.29, 0.717) is 5.09 Å². The van der Waals surface area contributed by atoms with Crippen molar-refractivity contribution in [2.75, 3.05) is 18.8 Å². The van der Waals surface area contributed by atoms with Crippen LogP contribution in [0.2, 0.25) is 0 Å². The first-order valence-electron chi connectivity index (χ1n) is 6.32. The van der Waals surface area contributed by atoms with Crippen molar-refractivity contribution in [2.45, 2.75) is 31.8 Å². The molecule has 0 aliphatic heterocycles. The Bertz CT molecular complexity index is 424. The molecule has 0 bridgehead atoms. The fraction of sp³-hybridized carbons (Fsp3) is 0.538. The molecule has 0 radical (unpaired) electrons. The molecule has 5 nitrogen and oxygen atoms in total. The second-order valence-corrected chi connectivity index (χ2v) is 5.07. The van der Waals surface area contributed by atoms with Crippen molar-refractivity contribution < 1.29 is 19.1 Å². The van der Waals surface area contributed by atoms with Crippen LogP contribution in [0, 0.1) is 0 Å². The lowest BCUT2D eigenvalue weighted by Crippen LogP contribution is -2.33. The molecule has 0 unspecified atom stereocenters. The molecule has 0 aromatic carbocycles. The van der Waals surface area contributed by atoms with Crippen molar-refractivity contribution >= 4 is 23.6 Å². The van der Waals surface area contributed by atoms with Crippen molar-refractivity contribution in [1.82, 2.24) is 4.90 Å². The Morgan fingerprint density at radius 1 is 1.26 bits per heavy atom. The Hall–Kier alpha value is -1.43. The van der Waals surface area contributed by atoms with Crippen LogP contribution in [-0.2, 0) is 4.79 Å². The van der Waals surface area contributed by atoms with Crippen LogP contribution >= 0.6 is 11.8 Å². The van der Waals surface area contributed by atoms with Gasteiger partial charge in [-0.25, -0.2) is 4.79 Å². The first-order valence-corrected chi connectivity index (χ1v) is 7.30. The molecule has 1 amide bonds. The third-order valence-corrected chi connectivity index (χ3v) is 3.37. The lowest BCUT2D eigenvalue weighted by Gasteiger charge is -2.20. The molecule has 0 aliphatic rings. The van der Waals surface area contributed by atoms with Crippen LogP contribution in [0.25, 0.3) is 0 Å². The molecule has 1 heterocycles. The SMILES string of the molecule is CCCN(CCC)C(=O)CSc1ccc(C(=O)O)o1. The number of nitrogens with zero attached hydrogens (tertiary/aromatic N) is 1. The van der Waals surface area contributed by atoms with E-state index in [9.17, 15) is 9.59 Å². The number of carbonyl (C=O) groups excluding carboxylic acids is 1. The van der Waals surface area contributed by atoms with Crippen LogP contribution in [-0.4, -0.2) is 40.7 Å². The second kappa shape index (κ2) is 7.89. The average molecular weight is 285 g/mol. The Morgan fingerprint density at radius 2 is 1.89 bits per heavy atom. The van der Waals surface area contributed by atoms with E-state index in [4.69, 9.17) is 9.52 Å². The van der Waals surface area contributed by atoms with Gasteiger partial charge in [0.15, 0.2) is 5.09 Å². The molecular weight excluding hydrogens is 266 g/mol. The predicted molar refractivity (Wildman–Crippen MR) is 73.6 cm³/mol. The number of rotatable bonds is 8. The van der Waals surface area contributed by atoms with Gasteiger partial charge in [-0.05, 0) is 25.0 Å². The van der Waals surface area contributed by atoms with Gasteiger partial charge in [0.25, 0.3) is 0 Å². The lowest BCUT2D eigenvalue weighted by molar-refractivity contribution is -0.128. The number of carboxylic acid groups (broad SMARTS) is 1. The fourth-order valence-electron chi connectivity index (χ4n) is 1.64. The van der Waals surface area contributed by atoms with Crippen molar-refractivity contribution in [3.8, 4) is 0 Å².